The van der Waals surface area contributed by atoms with Gasteiger partial charge in [0.25, 0.3) is 5.78 Å². The quantitative estimate of drug-likeness (QED) is 0.839. The summed E-state index contributed by atoms with van der Waals surface area (Å²) in [6.45, 7) is 8.75. The number of hydrogen-bond acceptors (Lipinski definition) is 4. The molecule has 2 aromatic rings. The average molecular weight is 219 g/mol. The van der Waals surface area contributed by atoms with Crippen LogP contribution in [0.25, 0.3) is 5.78 Å². The SMILES string of the molecule is CC(Nc1ccnc2ncnn12)C(C)(C)C. The van der Waals surface area contributed by atoms with E-state index in [0.717, 1.165) is 5.82 Å². The van der Waals surface area contributed by atoms with Crippen LogP contribution in [0, 0.1) is 5.41 Å². The van der Waals surface area contributed by atoms with Crippen LogP contribution in [0.3, 0.4) is 0 Å². The van der Waals surface area contributed by atoms with Crippen molar-refractivity contribution < 1.29 is 0 Å². The first-order valence-corrected chi connectivity index (χ1v) is 5.40. The lowest BCUT2D eigenvalue weighted by molar-refractivity contribution is 0.358. The van der Waals surface area contributed by atoms with Gasteiger partial charge >= 0.3 is 0 Å². The summed E-state index contributed by atoms with van der Waals surface area (Å²) in [5.41, 5.74) is 0.191. The minimum Gasteiger partial charge on any atom is -0.367 e. The summed E-state index contributed by atoms with van der Waals surface area (Å²) in [6.07, 6.45) is 3.25. The first kappa shape index (κ1) is 10.9. The fourth-order valence-corrected chi connectivity index (χ4v) is 1.29. The van der Waals surface area contributed by atoms with Crippen molar-refractivity contribution in [2.24, 2.45) is 5.41 Å². The van der Waals surface area contributed by atoms with E-state index < -0.39 is 0 Å². The van der Waals surface area contributed by atoms with Crippen molar-refractivity contribution in [2.45, 2.75) is 33.7 Å². The van der Waals surface area contributed by atoms with E-state index in [1.807, 2.05) is 6.07 Å². The zero-order valence-corrected chi connectivity index (χ0v) is 10.1. The van der Waals surface area contributed by atoms with Crippen molar-refractivity contribution in [3.63, 3.8) is 0 Å². The minimum atomic E-state index is 0.191. The summed E-state index contributed by atoms with van der Waals surface area (Å²) < 4.78 is 1.71. The second-order valence-electron chi connectivity index (χ2n) is 5.03. The van der Waals surface area contributed by atoms with Gasteiger partial charge < -0.3 is 5.32 Å². The summed E-state index contributed by atoms with van der Waals surface area (Å²) in [4.78, 5) is 8.17. The van der Waals surface area contributed by atoms with Crippen molar-refractivity contribution in [3.05, 3.63) is 18.6 Å². The molecular weight excluding hydrogens is 202 g/mol. The van der Waals surface area contributed by atoms with Crippen molar-refractivity contribution >= 4 is 11.6 Å². The highest BCUT2D eigenvalue weighted by Gasteiger charge is 2.20. The van der Waals surface area contributed by atoms with E-state index in [1.165, 1.54) is 6.33 Å². The van der Waals surface area contributed by atoms with Crippen LogP contribution in [0.2, 0.25) is 0 Å². The summed E-state index contributed by atoms with van der Waals surface area (Å²) in [7, 11) is 0. The van der Waals surface area contributed by atoms with Gasteiger partial charge in [-0.1, -0.05) is 20.8 Å². The fourth-order valence-electron chi connectivity index (χ4n) is 1.29. The van der Waals surface area contributed by atoms with Crippen molar-refractivity contribution in [1.29, 1.82) is 0 Å². The summed E-state index contributed by atoms with van der Waals surface area (Å²) in [5, 5.41) is 7.57. The Kier molecular flexibility index (Phi) is 2.53. The maximum absolute atomic E-state index is 4.13. The molecule has 5 heteroatoms. The van der Waals surface area contributed by atoms with E-state index in [-0.39, 0.29) is 5.41 Å². The predicted molar refractivity (Wildman–Crippen MR) is 63.3 cm³/mol. The van der Waals surface area contributed by atoms with E-state index in [2.05, 4.69) is 48.1 Å². The minimum absolute atomic E-state index is 0.191. The highest BCUT2D eigenvalue weighted by molar-refractivity contribution is 5.43. The van der Waals surface area contributed by atoms with Gasteiger partial charge in [0.15, 0.2) is 0 Å². The lowest BCUT2D eigenvalue weighted by Crippen LogP contribution is -2.31. The lowest BCUT2D eigenvalue weighted by Gasteiger charge is -2.28. The second kappa shape index (κ2) is 3.73. The van der Waals surface area contributed by atoms with E-state index in [1.54, 1.807) is 10.7 Å². The maximum Gasteiger partial charge on any atom is 0.254 e. The van der Waals surface area contributed by atoms with E-state index in [0.29, 0.717) is 11.8 Å². The standard InChI is InChI=1S/C11H17N5/c1-8(11(2,3)4)15-9-5-6-12-10-13-7-14-16(9)10/h5-8,15H,1-4H3. The van der Waals surface area contributed by atoms with E-state index in [9.17, 15) is 0 Å². The first-order valence-electron chi connectivity index (χ1n) is 5.40. The number of aromatic nitrogens is 4. The summed E-state index contributed by atoms with van der Waals surface area (Å²) in [5.74, 6) is 1.54. The van der Waals surface area contributed by atoms with Crippen LogP contribution in [0.4, 0.5) is 5.82 Å². The molecule has 1 unspecified atom stereocenters. The van der Waals surface area contributed by atoms with Crippen molar-refractivity contribution in [2.75, 3.05) is 5.32 Å². The zero-order valence-electron chi connectivity index (χ0n) is 10.1. The molecule has 0 fully saturated rings. The molecule has 2 heterocycles. The number of rotatable bonds is 2. The van der Waals surface area contributed by atoms with Crippen molar-refractivity contribution in [3.8, 4) is 0 Å². The van der Waals surface area contributed by atoms with Crippen LogP contribution in [0.1, 0.15) is 27.7 Å². The van der Waals surface area contributed by atoms with Gasteiger partial charge in [-0.3, -0.25) is 0 Å². The highest BCUT2D eigenvalue weighted by Crippen LogP contribution is 2.22. The Hall–Kier alpha value is -1.65. The van der Waals surface area contributed by atoms with Gasteiger partial charge in [0, 0.05) is 12.2 Å². The van der Waals surface area contributed by atoms with Gasteiger partial charge in [0.1, 0.15) is 12.1 Å². The molecule has 0 aromatic carbocycles. The third-order valence-electron chi connectivity index (χ3n) is 2.84. The van der Waals surface area contributed by atoms with Gasteiger partial charge in [0.05, 0.1) is 0 Å². The Balaban J connectivity index is 2.31. The van der Waals surface area contributed by atoms with Crippen LogP contribution in [-0.4, -0.2) is 25.6 Å². The number of hydrogen-bond donors (Lipinski definition) is 1. The number of nitrogens with one attached hydrogen (secondary N) is 1. The van der Waals surface area contributed by atoms with Gasteiger partial charge in [-0.2, -0.15) is 14.6 Å². The molecule has 0 saturated heterocycles. The van der Waals surface area contributed by atoms with Gasteiger partial charge in [0.2, 0.25) is 0 Å². The molecule has 1 N–H and O–H groups in total. The zero-order chi connectivity index (χ0) is 11.8. The molecule has 5 nitrogen and oxygen atoms in total. The lowest BCUT2D eigenvalue weighted by atomic mass is 9.88. The fraction of sp³-hybridized carbons (Fsp3) is 0.545. The van der Waals surface area contributed by atoms with Gasteiger partial charge in [-0.25, -0.2) is 4.98 Å². The van der Waals surface area contributed by atoms with E-state index >= 15 is 0 Å². The largest absolute Gasteiger partial charge is 0.367 e. The Morgan fingerprint density at radius 2 is 2.06 bits per heavy atom. The summed E-state index contributed by atoms with van der Waals surface area (Å²) >= 11 is 0. The Morgan fingerprint density at radius 3 is 2.75 bits per heavy atom. The molecule has 2 rings (SSSR count). The molecule has 0 amide bonds. The van der Waals surface area contributed by atoms with Crippen LogP contribution in [0.5, 0.6) is 0 Å². The third kappa shape index (κ3) is 1.98. The molecule has 86 valence electrons. The Bertz CT molecular complexity index is 482. The number of anilines is 1. The molecule has 2 aromatic heterocycles. The first-order chi connectivity index (χ1) is 7.48. The molecule has 0 saturated carbocycles. The van der Waals surface area contributed by atoms with Gasteiger partial charge in [-0.05, 0) is 18.4 Å². The monoisotopic (exact) mass is 219 g/mol. The van der Waals surface area contributed by atoms with Crippen LogP contribution < -0.4 is 5.32 Å². The normalized spacial score (nSPS) is 14.0. The molecule has 0 aliphatic carbocycles. The summed E-state index contributed by atoms with van der Waals surface area (Å²) in [6, 6.07) is 2.24. The van der Waals surface area contributed by atoms with Crippen LogP contribution in [0.15, 0.2) is 18.6 Å². The molecule has 0 spiro atoms. The van der Waals surface area contributed by atoms with Crippen LogP contribution >= 0.6 is 0 Å². The average Bonchev–Trinajstić information content (AvgIpc) is 2.65. The molecular formula is C11H17N5. The second-order valence-corrected chi connectivity index (χ2v) is 5.03. The molecule has 0 aliphatic rings. The smallest absolute Gasteiger partial charge is 0.254 e. The molecule has 0 aliphatic heterocycles. The third-order valence-corrected chi connectivity index (χ3v) is 2.84. The van der Waals surface area contributed by atoms with E-state index in [4.69, 9.17) is 0 Å². The Labute approximate surface area is 94.9 Å². The Morgan fingerprint density at radius 1 is 1.31 bits per heavy atom. The highest BCUT2D eigenvalue weighted by atomic mass is 15.4. The molecule has 0 radical (unpaired) electrons. The maximum atomic E-state index is 4.13. The number of fused-ring (bicyclic) bond motifs is 1. The predicted octanol–water partition coefficient (Wildman–Crippen LogP) is 1.97. The molecule has 1 atom stereocenters. The molecule has 16 heavy (non-hydrogen) atoms. The van der Waals surface area contributed by atoms with Gasteiger partial charge in [-0.15, -0.1) is 0 Å². The van der Waals surface area contributed by atoms with Crippen LogP contribution in [-0.2, 0) is 0 Å². The number of nitrogens with zero attached hydrogens (tertiary/aromatic N) is 4. The topological polar surface area (TPSA) is 55.1 Å². The molecule has 0 bridgehead atoms. The van der Waals surface area contributed by atoms with Crippen molar-refractivity contribution in [1.82, 2.24) is 19.6 Å².